The minimum absolute atomic E-state index is 0.984. The molecule has 1 saturated heterocycles. The summed E-state index contributed by atoms with van der Waals surface area (Å²) in [6, 6.07) is 0. The summed E-state index contributed by atoms with van der Waals surface area (Å²) in [5, 5.41) is 28.3. The zero-order valence-electron chi connectivity index (χ0n) is 9.03. The first kappa shape index (κ1) is 15.2. The summed E-state index contributed by atoms with van der Waals surface area (Å²) < 4.78 is 42.0. The molecule has 1 rings (SSSR count). The highest BCUT2D eigenvalue weighted by atomic mass is 32.3. The van der Waals surface area contributed by atoms with Crippen molar-refractivity contribution in [2.75, 3.05) is 7.11 Å². The van der Waals surface area contributed by atoms with Gasteiger partial charge in [-0.2, -0.15) is 8.42 Å². The molecule has 1 aliphatic rings. The normalized spacial score (nSPS) is 37.3. The second kappa shape index (κ2) is 5.44. The zero-order valence-corrected chi connectivity index (χ0v) is 9.85. The average Bonchev–Trinajstić information content (AvgIpc) is 2.27. The van der Waals surface area contributed by atoms with Crippen LogP contribution < -0.4 is 0 Å². The Hall–Kier alpha value is -0.820. The number of hydrogen-bond donors (Lipinski definition) is 4. The minimum Gasteiger partial charge on any atom is -0.467 e. The van der Waals surface area contributed by atoms with E-state index < -0.39 is 47.1 Å². The van der Waals surface area contributed by atoms with E-state index in [1.807, 2.05) is 0 Å². The molecular weight excluding hydrogens is 276 g/mol. The Morgan fingerprint density at radius 3 is 2.22 bits per heavy atom. The number of methoxy groups -OCH3 is 1. The number of aliphatic hydroxyl groups is 3. The fraction of sp³-hybridized carbons (Fsp3) is 0.857. The van der Waals surface area contributed by atoms with Gasteiger partial charge < -0.3 is 24.8 Å². The van der Waals surface area contributed by atoms with E-state index in [4.69, 9.17) is 4.55 Å². The van der Waals surface area contributed by atoms with E-state index in [9.17, 15) is 28.5 Å². The molecule has 0 bridgehead atoms. The molecule has 4 N–H and O–H groups in total. The number of carbonyl (C=O) groups excluding carboxylic acids is 1. The molecule has 0 spiro atoms. The Labute approximate surface area is 102 Å². The number of esters is 1. The van der Waals surface area contributed by atoms with Crippen LogP contribution in [0.2, 0.25) is 0 Å². The molecular formula is C7H12O10S. The van der Waals surface area contributed by atoms with Crippen LogP contribution in [0.3, 0.4) is 0 Å². The molecule has 5 atom stereocenters. The first-order valence-electron chi connectivity index (χ1n) is 4.60. The summed E-state index contributed by atoms with van der Waals surface area (Å²) in [5.41, 5.74) is 0. The van der Waals surface area contributed by atoms with Crippen LogP contribution in [-0.4, -0.2) is 72.1 Å². The van der Waals surface area contributed by atoms with Gasteiger partial charge in [-0.05, 0) is 0 Å². The molecule has 0 aromatic carbocycles. The molecule has 1 aliphatic heterocycles. The van der Waals surface area contributed by atoms with E-state index in [1.165, 1.54) is 0 Å². The number of aliphatic hydroxyl groups excluding tert-OH is 3. The maximum atomic E-state index is 11.1. The van der Waals surface area contributed by atoms with Gasteiger partial charge in [0, 0.05) is 0 Å². The number of ether oxygens (including phenoxy) is 2. The summed E-state index contributed by atoms with van der Waals surface area (Å²) in [6.07, 6.45) is -9.63. The van der Waals surface area contributed by atoms with Crippen molar-refractivity contribution < 1.29 is 46.7 Å². The summed E-state index contributed by atoms with van der Waals surface area (Å²) in [6.45, 7) is 0. The first-order valence-corrected chi connectivity index (χ1v) is 5.97. The minimum atomic E-state index is -4.98. The van der Waals surface area contributed by atoms with Gasteiger partial charge in [-0.25, -0.2) is 8.98 Å². The van der Waals surface area contributed by atoms with E-state index in [0.29, 0.717) is 0 Å². The molecule has 0 aliphatic carbocycles. The molecule has 0 unspecified atom stereocenters. The molecule has 106 valence electrons. The van der Waals surface area contributed by atoms with Crippen molar-refractivity contribution in [3.63, 3.8) is 0 Å². The molecule has 0 aromatic heterocycles. The standard InChI is InChI=1S/C7H12O10S/c1-15-6(10)4-2(8)3(9)5(7(11)16-4)17-18(12,13)14/h2-5,7-9,11H,1H3,(H,12,13,14)/t2-,3-,4+,5+,7+/m0/s1. The van der Waals surface area contributed by atoms with Crippen LogP contribution in [0.4, 0.5) is 0 Å². The topological polar surface area (TPSA) is 160 Å². The van der Waals surface area contributed by atoms with Crippen molar-refractivity contribution >= 4 is 16.4 Å². The molecule has 18 heavy (non-hydrogen) atoms. The van der Waals surface area contributed by atoms with Crippen molar-refractivity contribution in [1.29, 1.82) is 0 Å². The van der Waals surface area contributed by atoms with Crippen molar-refractivity contribution in [2.24, 2.45) is 0 Å². The Kier molecular flexibility index (Phi) is 4.61. The Morgan fingerprint density at radius 1 is 1.22 bits per heavy atom. The largest absolute Gasteiger partial charge is 0.467 e. The first-order chi connectivity index (χ1) is 8.17. The van der Waals surface area contributed by atoms with Gasteiger partial charge in [-0.15, -0.1) is 0 Å². The summed E-state index contributed by atoms with van der Waals surface area (Å²) >= 11 is 0. The van der Waals surface area contributed by atoms with Crippen LogP contribution in [0.25, 0.3) is 0 Å². The van der Waals surface area contributed by atoms with Gasteiger partial charge in [-0.1, -0.05) is 0 Å². The van der Waals surface area contributed by atoms with E-state index in [-0.39, 0.29) is 0 Å². The van der Waals surface area contributed by atoms with Gasteiger partial charge in [0.2, 0.25) is 0 Å². The van der Waals surface area contributed by atoms with Crippen molar-refractivity contribution in [3.8, 4) is 0 Å². The second-order valence-electron chi connectivity index (χ2n) is 3.44. The maximum Gasteiger partial charge on any atom is 0.397 e. The summed E-state index contributed by atoms with van der Waals surface area (Å²) in [4.78, 5) is 11.1. The maximum absolute atomic E-state index is 11.1. The smallest absolute Gasteiger partial charge is 0.397 e. The highest BCUT2D eigenvalue weighted by Gasteiger charge is 2.49. The van der Waals surface area contributed by atoms with Crippen LogP contribution in [0.1, 0.15) is 0 Å². The predicted octanol–water partition coefficient (Wildman–Crippen LogP) is -3.21. The second-order valence-corrected chi connectivity index (χ2v) is 4.49. The van der Waals surface area contributed by atoms with E-state index in [1.54, 1.807) is 0 Å². The lowest BCUT2D eigenvalue weighted by Crippen LogP contribution is -2.61. The molecule has 0 aromatic rings. The molecule has 0 amide bonds. The van der Waals surface area contributed by atoms with Crippen LogP contribution in [0.15, 0.2) is 0 Å². The molecule has 1 heterocycles. The Bertz CT molecular complexity index is 404. The number of hydrogen-bond acceptors (Lipinski definition) is 9. The quantitative estimate of drug-likeness (QED) is 0.307. The number of rotatable bonds is 3. The van der Waals surface area contributed by atoms with Gasteiger partial charge in [0.1, 0.15) is 12.2 Å². The molecule has 0 radical (unpaired) electrons. The Morgan fingerprint density at radius 2 is 1.78 bits per heavy atom. The highest BCUT2D eigenvalue weighted by Crippen LogP contribution is 2.24. The predicted molar refractivity (Wildman–Crippen MR) is 51.3 cm³/mol. The van der Waals surface area contributed by atoms with E-state index >= 15 is 0 Å². The molecule has 10 nitrogen and oxygen atoms in total. The van der Waals surface area contributed by atoms with Crippen LogP contribution >= 0.6 is 0 Å². The van der Waals surface area contributed by atoms with Gasteiger partial charge in [0.15, 0.2) is 18.5 Å². The van der Waals surface area contributed by atoms with Gasteiger partial charge >= 0.3 is 16.4 Å². The molecule has 1 fully saturated rings. The summed E-state index contributed by atoms with van der Waals surface area (Å²) in [7, 11) is -4.00. The van der Waals surface area contributed by atoms with Crippen LogP contribution in [-0.2, 0) is 28.9 Å². The lowest BCUT2D eigenvalue weighted by Gasteiger charge is -2.37. The summed E-state index contributed by atoms with van der Waals surface area (Å²) in [5.74, 6) is -1.08. The molecule has 11 heteroatoms. The highest BCUT2D eigenvalue weighted by molar-refractivity contribution is 7.80. The zero-order chi connectivity index (χ0) is 14.1. The Balaban J connectivity index is 2.87. The SMILES string of the molecule is COC(=O)[C@@H]1O[C@@H](O)[C@H](OS(=O)(=O)O)[C@@H](O)[C@@H]1O. The lowest BCUT2D eigenvalue weighted by molar-refractivity contribution is -0.274. The average molecular weight is 288 g/mol. The fourth-order valence-corrected chi connectivity index (χ4v) is 1.90. The third kappa shape index (κ3) is 3.35. The van der Waals surface area contributed by atoms with Crippen molar-refractivity contribution in [2.45, 2.75) is 30.7 Å². The monoisotopic (exact) mass is 288 g/mol. The third-order valence-corrected chi connectivity index (χ3v) is 2.70. The van der Waals surface area contributed by atoms with Crippen LogP contribution in [0, 0.1) is 0 Å². The lowest BCUT2D eigenvalue weighted by atomic mass is 9.99. The number of carbonyl (C=O) groups is 1. The van der Waals surface area contributed by atoms with Gasteiger partial charge in [-0.3, -0.25) is 4.55 Å². The molecule has 0 saturated carbocycles. The van der Waals surface area contributed by atoms with Crippen molar-refractivity contribution in [1.82, 2.24) is 0 Å². The van der Waals surface area contributed by atoms with Crippen molar-refractivity contribution in [3.05, 3.63) is 0 Å². The van der Waals surface area contributed by atoms with E-state index in [2.05, 4.69) is 13.7 Å². The van der Waals surface area contributed by atoms with Gasteiger partial charge in [0.25, 0.3) is 0 Å². The fourth-order valence-electron chi connectivity index (χ4n) is 1.41. The van der Waals surface area contributed by atoms with Crippen LogP contribution in [0.5, 0.6) is 0 Å². The third-order valence-electron chi connectivity index (χ3n) is 2.23. The van der Waals surface area contributed by atoms with Gasteiger partial charge in [0.05, 0.1) is 7.11 Å². The van der Waals surface area contributed by atoms with E-state index in [0.717, 1.165) is 7.11 Å².